The first-order valence-corrected chi connectivity index (χ1v) is 14.4. The third-order valence-corrected chi connectivity index (χ3v) is 8.82. The van der Waals surface area contributed by atoms with E-state index in [1.54, 1.807) is 24.3 Å². The molecule has 3 aromatic rings. The van der Waals surface area contributed by atoms with E-state index in [-0.39, 0.29) is 36.2 Å². The van der Waals surface area contributed by atoms with E-state index in [9.17, 15) is 14.4 Å². The van der Waals surface area contributed by atoms with Crippen molar-refractivity contribution >= 4 is 69.0 Å². The number of aromatic nitrogens is 1. The van der Waals surface area contributed by atoms with Crippen molar-refractivity contribution in [3.8, 4) is 0 Å². The topological polar surface area (TPSA) is 62.6 Å². The van der Waals surface area contributed by atoms with Crippen LogP contribution in [0.5, 0.6) is 0 Å². The number of imide groups is 1. The molecule has 6 nitrogen and oxygen atoms in total. The minimum Gasteiger partial charge on any atom is -0.338 e. The number of nitrogens with zero attached hydrogens (tertiary/aromatic N) is 3. The van der Waals surface area contributed by atoms with Gasteiger partial charge < -0.3 is 9.47 Å². The second kappa shape index (κ2) is 11.2. The summed E-state index contributed by atoms with van der Waals surface area (Å²) < 4.78 is 2.00. The molecular weight excluding hydrogens is 541 g/mol. The molecule has 0 spiro atoms. The van der Waals surface area contributed by atoms with Gasteiger partial charge in [0.25, 0.3) is 11.1 Å². The molecular formula is C29H29Cl2N3O3S. The van der Waals surface area contributed by atoms with Gasteiger partial charge in [-0.15, -0.1) is 0 Å². The summed E-state index contributed by atoms with van der Waals surface area (Å²) in [6.07, 6.45) is 7.72. The second-order valence-corrected chi connectivity index (χ2v) is 11.7. The van der Waals surface area contributed by atoms with Crippen LogP contribution in [0.2, 0.25) is 10.0 Å². The predicted molar refractivity (Wildman–Crippen MR) is 154 cm³/mol. The number of likely N-dealkylation sites (tertiary alicyclic amines) is 1. The Morgan fingerprint density at radius 2 is 1.95 bits per heavy atom. The molecule has 0 radical (unpaired) electrons. The lowest BCUT2D eigenvalue weighted by atomic mass is 10.0. The number of fused-ring (bicyclic) bond motifs is 1. The molecule has 1 atom stereocenters. The number of aryl methyl sites for hydroxylation is 1. The average Bonchev–Trinajstić information content (AvgIpc) is 3.37. The van der Waals surface area contributed by atoms with Crippen LogP contribution in [0.3, 0.4) is 0 Å². The summed E-state index contributed by atoms with van der Waals surface area (Å²) in [4.78, 5) is 42.9. The highest BCUT2D eigenvalue weighted by Gasteiger charge is 2.35. The highest BCUT2D eigenvalue weighted by molar-refractivity contribution is 8.18. The normalized spacial score (nSPS) is 19.3. The summed E-state index contributed by atoms with van der Waals surface area (Å²) in [5.41, 5.74) is 3.58. The molecule has 2 aromatic carbocycles. The molecule has 38 heavy (non-hydrogen) atoms. The van der Waals surface area contributed by atoms with Crippen LogP contribution in [0.4, 0.5) is 4.79 Å². The summed E-state index contributed by atoms with van der Waals surface area (Å²) in [7, 11) is 0. The molecule has 0 saturated carbocycles. The Labute approximate surface area is 236 Å². The molecule has 9 heteroatoms. The number of rotatable bonds is 6. The van der Waals surface area contributed by atoms with E-state index in [1.807, 2.05) is 27.8 Å². The molecule has 3 heterocycles. The maximum Gasteiger partial charge on any atom is 0.293 e. The van der Waals surface area contributed by atoms with E-state index in [0.29, 0.717) is 20.5 Å². The summed E-state index contributed by atoms with van der Waals surface area (Å²) in [5, 5.41) is 1.50. The van der Waals surface area contributed by atoms with Crippen molar-refractivity contribution in [3.05, 3.63) is 74.2 Å². The molecule has 2 fully saturated rings. The van der Waals surface area contributed by atoms with Gasteiger partial charge in [-0.25, -0.2) is 0 Å². The largest absolute Gasteiger partial charge is 0.338 e. The van der Waals surface area contributed by atoms with E-state index >= 15 is 0 Å². The third kappa shape index (κ3) is 5.24. The Bertz CT molecular complexity index is 1460. The minimum absolute atomic E-state index is 0.0717. The highest BCUT2D eigenvalue weighted by atomic mass is 35.5. The first kappa shape index (κ1) is 26.9. The van der Waals surface area contributed by atoms with Crippen molar-refractivity contribution in [2.75, 3.05) is 6.54 Å². The van der Waals surface area contributed by atoms with Gasteiger partial charge in [-0.05, 0) is 73.7 Å². The van der Waals surface area contributed by atoms with Crippen LogP contribution in [-0.2, 0) is 29.1 Å². The molecule has 3 amide bonds. The highest BCUT2D eigenvalue weighted by Crippen LogP contribution is 2.36. The zero-order valence-electron chi connectivity index (χ0n) is 21.4. The molecule has 2 aliphatic heterocycles. The fraction of sp³-hybridized carbons (Fsp3) is 0.345. The Morgan fingerprint density at radius 1 is 1.13 bits per heavy atom. The van der Waals surface area contributed by atoms with E-state index in [4.69, 9.17) is 23.2 Å². The molecule has 2 aliphatic rings. The van der Waals surface area contributed by atoms with Crippen molar-refractivity contribution in [1.29, 1.82) is 0 Å². The summed E-state index contributed by atoms with van der Waals surface area (Å²) in [6, 6.07) is 11.3. The number of halogens is 2. The van der Waals surface area contributed by atoms with E-state index < -0.39 is 0 Å². The molecule has 2 saturated heterocycles. The van der Waals surface area contributed by atoms with Gasteiger partial charge in [-0.3, -0.25) is 19.3 Å². The fourth-order valence-electron chi connectivity index (χ4n) is 5.29. The zero-order valence-corrected chi connectivity index (χ0v) is 23.7. The minimum atomic E-state index is -0.364. The van der Waals surface area contributed by atoms with E-state index in [1.165, 1.54) is 4.90 Å². The van der Waals surface area contributed by atoms with Gasteiger partial charge in [-0.1, -0.05) is 54.4 Å². The quantitative estimate of drug-likeness (QED) is 0.296. The van der Waals surface area contributed by atoms with Gasteiger partial charge in [-0.2, -0.15) is 0 Å². The first-order valence-electron chi connectivity index (χ1n) is 12.9. The van der Waals surface area contributed by atoms with Gasteiger partial charge in [0.15, 0.2) is 0 Å². The molecule has 0 unspecified atom stereocenters. The van der Waals surface area contributed by atoms with Crippen LogP contribution >= 0.6 is 35.0 Å². The smallest absolute Gasteiger partial charge is 0.293 e. The number of carbonyl (C=O) groups is 3. The van der Waals surface area contributed by atoms with Crippen molar-refractivity contribution in [3.63, 3.8) is 0 Å². The molecule has 0 N–H and O–H groups in total. The number of piperidine rings is 1. The van der Waals surface area contributed by atoms with Gasteiger partial charge >= 0.3 is 0 Å². The van der Waals surface area contributed by atoms with Crippen LogP contribution in [0.15, 0.2) is 47.5 Å². The molecule has 0 aliphatic carbocycles. The van der Waals surface area contributed by atoms with Crippen molar-refractivity contribution < 1.29 is 14.4 Å². The Balaban J connectivity index is 1.46. The summed E-state index contributed by atoms with van der Waals surface area (Å²) >= 11 is 13.2. The lowest BCUT2D eigenvalue weighted by Crippen LogP contribution is -2.43. The van der Waals surface area contributed by atoms with Gasteiger partial charge in [0.1, 0.15) is 6.54 Å². The fourth-order valence-corrected chi connectivity index (χ4v) is 6.59. The molecule has 198 valence electrons. The van der Waals surface area contributed by atoms with Crippen LogP contribution in [0, 0.1) is 0 Å². The zero-order chi connectivity index (χ0) is 27.0. The lowest BCUT2D eigenvalue weighted by molar-refractivity contribution is -0.135. The Kier molecular flexibility index (Phi) is 7.89. The Hall–Kier alpha value is -2.74. The number of para-hydroxylation sites is 1. The van der Waals surface area contributed by atoms with Gasteiger partial charge in [0, 0.05) is 39.8 Å². The maximum absolute atomic E-state index is 13.3. The molecule has 1 aromatic heterocycles. The summed E-state index contributed by atoms with van der Waals surface area (Å²) in [5.74, 6) is -0.261. The standard InChI is InChI=1S/C29H29Cl2N3O3S/c1-3-19-8-6-9-23-21(15-32(27(19)23)17-26(35)33-12-5-4-7-18(33)2)13-25-28(36)34(29(37)38-25)16-20-10-11-22(30)14-24(20)31/h6,8-11,13-15,18H,3-5,7,12,16-17H2,1-2H3/b25-13-/t18-/m1/s1. The third-order valence-electron chi connectivity index (χ3n) is 7.33. The van der Waals surface area contributed by atoms with Crippen LogP contribution in [0.25, 0.3) is 17.0 Å². The number of benzene rings is 2. The lowest BCUT2D eigenvalue weighted by Gasteiger charge is -2.33. The number of carbonyl (C=O) groups excluding carboxylic acids is 3. The maximum atomic E-state index is 13.3. The molecule has 5 rings (SSSR count). The van der Waals surface area contributed by atoms with Crippen molar-refractivity contribution in [2.45, 2.75) is 58.7 Å². The van der Waals surface area contributed by atoms with Crippen molar-refractivity contribution in [1.82, 2.24) is 14.4 Å². The van der Waals surface area contributed by atoms with E-state index in [2.05, 4.69) is 19.9 Å². The predicted octanol–water partition coefficient (Wildman–Crippen LogP) is 7.15. The van der Waals surface area contributed by atoms with Crippen LogP contribution in [-0.4, -0.2) is 44.0 Å². The van der Waals surface area contributed by atoms with Gasteiger partial charge in [0.05, 0.1) is 17.0 Å². The molecule has 0 bridgehead atoms. The van der Waals surface area contributed by atoms with E-state index in [0.717, 1.165) is 66.0 Å². The number of hydrogen-bond acceptors (Lipinski definition) is 4. The number of thioether (sulfide) groups is 1. The number of hydrogen-bond donors (Lipinski definition) is 0. The second-order valence-electron chi connectivity index (χ2n) is 9.81. The average molecular weight is 571 g/mol. The number of amides is 3. The SMILES string of the molecule is CCc1cccc2c(/C=C3\SC(=O)N(Cc4ccc(Cl)cc4Cl)C3=O)cn(CC(=O)N3CCCC[C@H]3C)c12. The monoisotopic (exact) mass is 569 g/mol. The first-order chi connectivity index (χ1) is 18.3. The van der Waals surface area contributed by atoms with Gasteiger partial charge in [0.2, 0.25) is 5.91 Å². The van der Waals surface area contributed by atoms with Crippen molar-refractivity contribution in [2.24, 2.45) is 0 Å². The Morgan fingerprint density at radius 3 is 2.68 bits per heavy atom. The summed E-state index contributed by atoms with van der Waals surface area (Å²) in [6.45, 7) is 5.30. The van der Waals surface area contributed by atoms with Crippen LogP contribution in [0.1, 0.15) is 49.8 Å². The van der Waals surface area contributed by atoms with Crippen LogP contribution < -0.4 is 0 Å².